The van der Waals surface area contributed by atoms with Crippen molar-refractivity contribution in [1.29, 1.82) is 0 Å². The molecule has 2 N–H and O–H groups in total. The van der Waals surface area contributed by atoms with E-state index >= 15 is 0 Å². The highest BCUT2D eigenvalue weighted by Crippen LogP contribution is 2.24. The average Bonchev–Trinajstić information content (AvgIpc) is 3.01. The number of nitrogens with two attached hydrogens (primary N) is 1. The number of hydrogen-bond donors (Lipinski definition) is 1. The Kier molecular flexibility index (Phi) is 3.89. The normalized spacial score (nSPS) is 18.7. The van der Waals surface area contributed by atoms with Crippen molar-refractivity contribution in [3.05, 3.63) is 35.8 Å². The van der Waals surface area contributed by atoms with E-state index < -0.39 is 10.0 Å². The summed E-state index contributed by atoms with van der Waals surface area (Å²) in [6.45, 7) is 0.861. The van der Waals surface area contributed by atoms with Gasteiger partial charge in [-0.1, -0.05) is 0 Å². The number of halogens is 1. The molecule has 2 heterocycles. The van der Waals surface area contributed by atoms with Gasteiger partial charge in [-0.2, -0.15) is 0 Å². The SMILES string of the molecule is Cn1c(C(=O)N2CC[C@H](CS(N)(=O)=O)C2)cc2cc(F)ccc21. The van der Waals surface area contributed by atoms with E-state index in [1.807, 2.05) is 0 Å². The topological polar surface area (TPSA) is 85.4 Å². The molecule has 0 unspecified atom stereocenters. The minimum Gasteiger partial charge on any atom is -0.340 e. The monoisotopic (exact) mass is 339 g/mol. The van der Waals surface area contributed by atoms with E-state index in [-0.39, 0.29) is 23.4 Å². The molecule has 6 nitrogen and oxygen atoms in total. The molecule has 1 saturated heterocycles. The first kappa shape index (κ1) is 15.9. The Balaban J connectivity index is 1.83. The maximum atomic E-state index is 13.3. The first-order valence-electron chi connectivity index (χ1n) is 7.29. The van der Waals surface area contributed by atoms with Gasteiger partial charge in [-0.15, -0.1) is 0 Å². The van der Waals surface area contributed by atoms with Gasteiger partial charge < -0.3 is 9.47 Å². The van der Waals surface area contributed by atoms with Crippen molar-refractivity contribution in [2.24, 2.45) is 18.1 Å². The lowest BCUT2D eigenvalue weighted by Crippen LogP contribution is -2.31. The Morgan fingerprint density at radius 1 is 1.39 bits per heavy atom. The smallest absolute Gasteiger partial charge is 0.270 e. The second-order valence-corrected chi connectivity index (χ2v) is 7.69. The first-order chi connectivity index (χ1) is 10.7. The van der Waals surface area contributed by atoms with Gasteiger partial charge >= 0.3 is 0 Å². The molecule has 1 aliphatic rings. The van der Waals surface area contributed by atoms with Crippen LogP contribution in [0.25, 0.3) is 10.9 Å². The zero-order valence-corrected chi connectivity index (χ0v) is 13.5. The summed E-state index contributed by atoms with van der Waals surface area (Å²) in [6, 6.07) is 6.04. The third-order valence-electron chi connectivity index (χ3n) is 4.26. The number of primary sulfonamides is 1. The van der Waals surface area contributed by atoms with E-state index in [1.54, 1.807) is 28.6 Å². The van der Waals surface area contributed by atoms with Crippen LogP contribution < -0.4 is 5.14 Å². The van der Waals surface area contributed by atoms with Crippen molar-refractivity contribution in [3.8, 4) is 0 Å². The molecule has 1 atom stereocenters. The van der Waals surface area contributed by atoms with Gasteiger partial charge in [0.15, 0.2) is 0 Å². The molecule has 1 aliphatic heterocycles. The molecule has 2 aromatic rings. The lowest BCUT2D eigenvalue weighted by atomic mass is 10.2. The van der Waals surface area contributed by atoms with E-state index in [1.165, 1.54) is 12.1 Å². The van der Waals surface area contributed by atoms with E-state index in [4.69, 9.17) is 5.14 Å². The van der Waals surface area contributed by atoms with E-state index in [9.17, 15) is 17.6 Å². The van der Waals surface area contributed by atoms with Crippen molar-refractivity contribution < 1.29 is 17.6 Å². The number of nitrogens with zero attached hydrogens (tertiary/aromatic N) is 2. The van der Waals surface area contributed by atoms with Crippen LogP contribution in [-0.2, 0) is 17.1 Å². The van der Waals surface area contributed by atoms with E-state index in [2.05, 4.69) is 0 Å². The highest BCUT2D eigenvalue weighted by Gasteiger charge is 2.30. The fourth-order valence-corrected chi connectivity index (χ4v) is 4.10. The van der Waals surface area contributed by atoms with Crippen LogP contribution in [0.15, 0.2) is 24.3 Å². The van der Waals surface area contributed by atoms with Gasteiger partial charge in [0, 0.05) is 31.0 Å². The molecule has 1 aromatic carbocycles. The second-order valence-electron chi connectivity index (χ2n) is 6.03. The van der Waals surface area contributed by atoms with E-state index in [0.29, 0.717) is 30.6 Å². The number of carbonyl (C=O) groups is 1. The highest BCUT2D eigenvalue weighted by atomic mass is 32.2. The molecule has 0 aliphatic carbocycles. The van der Waals surface area contributed by atoms with Crippen molar-refractivity contribution in [2.45, 2.75) is 6.42 Å². The summed E-state index contributed by atoms with van der Waals surface area (Å²) in [6.07, 6.45) is 0.612. The Bertz CT molecular complexity index is 875. The Morgan fingerprint density at radius 3 is 2.83 bits per heavy atom. The van der Waals surface area contributed by atoms with Crippen molar-refractivity contribution in [1.82, 2.24) is 9.47 Å². The number of aryl methyl sites for hydroxylation is 1. The van der Waals surface area contributed by atoms with Crippen LogP contribution in [-0.4, -0.2) is 42.6 Å². The second kappa shape index (κ2) is 5.61. The molecule has 3 rings (SSSR count). The maximum absolute atomic E-state index is 13.3. The third kappa shape index (κ3) is 3.23. The third-order valence-corrected chi connectivity index (χ3v) is 5.20. The Hall–Kier alpha value is -1.93. The van der Waals surface area contributed by atoms with Gasteiger partial charge in [-0.05, 0) is 36.6 Å². The van der Waals surface area contributed by atoms with Crippen LogP contribution >= 0.6 is 0 Å². The number of sulfonamides is 1. The number of rotatable bonds is 3. The van der Waals surface area contributed by atoms with Crippen LogP contribution in [0.4, 0.5) is 4.39 Å². The minimum absolute atomic E-state index is 0.114. The van der Waals surface area contributed by atoms with Crippen molar-refractivity contribution in [2.75, 3.05) is 18.8 Å². The molecule has 0 saturated carbocycles. The number of benzene rings is 1. The highest BCUT2D eigenvalue weighted by molar-refractivity contribution is 7.89. The molecule has 8 heteroatoms. The molecule has 1 amide bonds. The zero-order chi connectivity index (χ0) is 16.8. The lowest BCUT2D eigenvalue weighted by molar-refractivity contribution is 0.0779. The number of hydrogen-bond acceptors (Lipinski definition) is 3. The van der Waals surface area contributed by atoms with Crippen LogP contribution in [0.3, 0.4) is 0 Å². The average molecular weight is 339 g/mol. The molecular weight excluding hydrogens is 321 g/mol. The number of aromatic nitrogens is 1. The van der Waals surface area contributed by atoms with Gasteiger partial charge in [0.05, 0.1) is 5.75 Å². The number of carbonyl (C=O) groups excluding carboxylic acids is 1. The molecule has 0 spiro atoms. The zero-order valence-electron chi connectivity index (χ0n) is 12.7. The molecule has 23 heavy (non-hydrogen) atoms. The fourth-order valence-electron chi connectivity index (χ4n) is 3.17. The summed E-state index contributed by atoms with van der Waals surface area (Å²) in [5.41, 5.74) is 1.23. The van der Waals surface area contributed by atoms with Gasteiger partial charge in [-0.25, -0.2) is 17.9 Å². The number of amides is 1. The largest absolute Gasteiger partial charge is 0.340 e. The standard InChI is InChI=1S/C15H18FN3O3S/c1-18-13-3-2-12(16)6-11(13)7-14(18)15(20)19-5-4-10(8-19)9-23(17,21)22/h2-3,6-7,10H,4-5,8-9H2,1H3,(H2,17,21,22)/t10-/m0/s1. The first-order valence-corrected chi connectivity index (χ1v) is 9.01. The molecule has 1 fully saturated rings. The lowest BCUT2D eigenvalue weighted by Gasteiger charge is -2.16. The van der Waals surface area contributed by atoms with Crippen LogP contribution in [0.5, 0.6) is 0 Å². The van der Waals surface area contributed by atoms with Crippen molar-refractivity contribution >= 4 is 26.8 Å². The quantitative estimate of drug-likeness (QED) is 0.907. The van der Waals surface area contributed by atoms with E-state index in [0.717, 1.165) is 5.52 Å². The molecular formula is C15H18FN3O3S. The summed E-state index contributed by atoms with van der Waals surface area (Å²) in [5.74, 6) is -0.782. The molecule has 0 bridgehead atoms. The predicted molar refractivity (Wildman–Crippen MR) is 84.9 cm³/mol. The summed E-state index contributed by atoms with van der Waals surface area (Å²) in [5, 5.41) is 5.73. The van der Waals surface area contributed by atoms with Gasteiger partial charge in [0.2, 0.25) is 10.0 Å². The summed E-state index contributed by atoms with van der Waals surface area (Å²) < 4.78 is 37.4. The Labute approximate surface area is 133 Å². The fraction of sp³-hybridized carbons (Fsp3) is 0.400. The van der Waals surface area contributed by atoms with Gasteiger partial charge in [-0.3, -0.25) is 4.79 Å². The molecule has 1 aromatic heterocycles. The summed E-state index contributed by atoms with van der Waals surface area (Å²) in [4.78, 5) is 14.3. The van der Waals surface area contributed by atoms with Crippen LogP contribution in [0.2, 0.25) is 0 Å². The molecule has 124 valence electrons. The maximum Gasteiger partial charge on any atom is 0.270 e. The van der Waals surface area contributed by atoms with Crippen LogP contribution in [0, 0.1) is 11.7 Å². The Morgan fingerprint density at radius 2 is 2.13 bits per heavy atom. The predicted octanol–water partition coefficient (Wildman–Crippen LogP) is 1.07. The summed E-state index contributed by atoms with van der Waals surface area (Å²) in [7, 11) is -1.78. The summed E-state index contributed by atoms with van der Waals surface area (Å²) >= 11 is 0. The van der Waals surface area contributed by atoms with Crippen molar-refractivity contribution in [3.63, 3.8) is 0 Å². The van der Waals surface area contributed by atoms with Gasteiger partial charge in [0.1, 0.15) is 11.5 Å². The number of likely N-dealkylation sites (tertiary alicyclic amines) is 1. The number of fused-ring (bicyclic) bond motifs is 1. The minimum atomic E-state index is -3.54. The van der Waals surface area contributed by atoms with Gasteiger partial charge in [0.25, 0.3) is 5.91 Å². The van der Waals surface area contributed by atoms with Crippen LogP contribution in [0.1, 0.15) is 16.9 Å². The molecule has 0 radical (unpaired) electrons.